The van der Waals surface area contributed by atoms with E-state index < -0.39 is 22.4 Å². The van der Waals surface area contributed by atoms with Gasteiger partial charge in [-0.05, 0) is 35.9 Å². The van der Waals surface area contributed by atoms with Crippen molar-refractivity contribution in [2.45, 2.75) is 4.90 Å². The first-order valence-electron chi connectivity index (χ1n) is 8.73. The first-order chi connectivity index (χ1) is 13.0. The molecule has 0 unspecified atom stereocenters. The van der Waals surface area contributed by atoms with Crippen molar-refractivity contribution in [1.29, 1.82) is 0 Å². The summed E-state index contributed by atoms with van der Waals surface area (Å²) >= 11 is 0. The average Bonchev–Trinajstić information content (AvgIpc) is 2.73. The second-order valence-corrected chi connectivity index (χ2v) is 8.19. The summed E-state index contributed by atoms with van der Waals surface area (Å²) in [5, 5.41) is 8.76. The van der Waals surface area contributed by atoms with E-state index in [0.717, 1.165) is 5.69 Å². The number of hydrogen-bond donors (Lipinski definition) is 1. The minimum absolute atomic E-state index is 0.203. The van der Waals surface area contributed by atoms with E-state index in [0.29, 0.717) is 31.7 Å². The SMILES string of the molecule is O=C(/C=C/c1cccc(S(=O)(=O)N2CCN(c3ccccc3)CC2)c1)CO. The summed E-state index contributed by atoms with van der Waals surface area (Å²) in [6.45, 7) is 1.53. The van der Waals surface area contributed by atoms with Gasteiger partial charge in [-0.1, -0.05) is 36.4 Å². The molecule has 0 spiro atoms. The van der Waals surface area contributed by atoms with Crippen LogP contribution in [0.1, 0.15) is 5.56 Å². The third-order valence-electron chi connectivity index (χ3n) is 4.47. The van der Waals surface area contributed by atoms with Crippen molar-refractivity contribution in [2.75, 3.05) is 37.7 Å². The molecule has 0 aromatic heterocycles. The Hall–Kier alpha value is -2.48. The Labute approximate surface area is 159 Å². The van der Waals surface area contributed by atoms with Crippen molar-refractivity contribution < 1.29 is 18.3 Å². The molecule has 6 nitrogen and oxygen atoms in total. The number of piperazine rings is 1. The van der Waals surface area contributed by atoms with Gasteiger partial charge < -0.3 is 10.0 Å². The first-order valence-corrected chi connectivity index (χ1v) is 10.2. The second kappa shape index (κ2) is 8.47. The van der Waals surface area contributed by atoms with Gasteiger partial charge >= 0.3 is 0 Å². The molecule has 27 heavy (non-hydrogen) atoms. The minimum Gasteiger partial charge on any atom is -0.388 e. The minimum atomic E-state index is -3.60. The lowest BCUT2D eigenvalue weighted by Gasteiger charge is -2.35. The molecule has 2 aromatic carbocycles. The van der Waals surface area contributed by atoms with Crippen LogP contribution in [-0.2, 0) is 14.8 Å². The zero-order chi connectivity index (χ0) is 19.3. The molecule has 1 saturated heterocycles. The molecule has 2 aromatic rings. The number of rotatable bonds is 6. The van der Waals surface area contributed by atoms with Crippen molar-refractivity contribution >= 4 is 27.6 Å². The molecule has 0 amide bonds. The molecule has 0 aliphatic carbocycles. The zero-order valence-corrected chi connectivity index (χ0v) is 15.7. The molecule has 1 N–H and O–H groups in total. The highest BCUT2D eigenvalue weighted by Gasteiger charge is 2.28. The molecule has 7 heteroatoms. The van der Waals surface area contributed by atoms with Crippen molar-refractivity contribution in [3.05, 3.63) is 66.2 Å². The Morgan fingerprint density at radius 2 is 1.70 bits per heavy atom. The second-order valence-electron chi connectivity index (χ2n) is 6.26. The van der Waals surface area contributed by atoms with Crippen LogP contribution in [0.5, 0.6) is 0 Å². The van der Waals surface area contributed by atoms with Crippen LogP contribution in [0.3, 0.4) is 0 Å². The summed E-state index contributed by atoms with van der Waals surface area (Å²) in [7, 11) is -3.60. The molecule has 142 valence electrons. The molecular formula is C20H22N2O4S. The van der Waals surface area contributed by atoms with Crippen molar-refractivity contribution in [2.24, 2.45) is 0 Å². The predicted molar refractivity (Wildman–Crippen MR) is 105 cm³/mol. The fourth-order valence-corrected chi connectivity index (χ4v) is 4.47. The fraction of sp³-hybridized carbons (Fsp3) is 0.250. The van der Waals surface area contributed by atoms with Gasteiger partial charge in [-0.2, -0.15) is 4.31 Å². The van der Waals surface area contributed by atoms with E-state index in [1.807, 2.05) is 30.3 Å². The van der Waals surface area contributed by atoms with E-state index in [2.05, 4.69) is 4.90 Å². The van der Waals surface area contributed by atoms with Gasteiger partial charge in [0.1, 0.15) is 6.61 Å². The third-order valence-corrected chi connectivity index (χ3v) is 6.37. The number of aliphatic hydroxyl groups is 1. The number of ketones is 1. The van der Waals surface area contributed by atoms with E-state index in [-0.39, 0.29) is 4.90 Å². The molecule has 0 bridgehead atoms. The summed E-state index contributed by atoms with van der Waals surface area (Å²) in [5.41, 5.74) is 1.69. The number of benzene rings is 2. The van der Waals surface area contributed by atoms with E-state index in [1.165, 1.54) is 16.5 Å². The van der Waals surface area contributed by atoms with Gasteiger partial charge in [0.25, 0.3) is 0 Å². The summed E-state index contributed by atoms with van der Waals surface area (Å²) in [5.74, 6) is -0.430. The van der Waals surface area contributed by atoms with Gasteiger partial charge in [-0.15, -0.1) is 0 Å². The lowest BCUT2D eigenvalue weighted by Crippen LogP contribution is -2.48. The van der Waals surface area contributed by atoms with Crippen LogP contribution in [0.2, 0.25) is 0 Å². The van der Waals surface area contributed by atoms with E-state index in [1.54, 1.807) is 24.3 Å². The number of aliphatic hydroxyl groups excluding tert-OH is 1. The maximum absolute atomic E-state index is 13.0. The molecule has 1 fully saturated rings. The van der Waals surface area contributed by atoms with E-state index in [4.69, 9.17) is 5.11 Å². The molecule has 3 rings (SSSR count). The number of sulfonamides is 1. The van der Waals surface area contributed by atoms with Gasteiger partial charge in [0, 0.05) is 31.9 Å². The topological polar surface area (TPSA) is 77.9 Å². The molecule has 0 atom stereocenters. The Morgan fingerprint density at radius 1 is 1.00 bits per heavy atom. The summed E-state index contributed by atoms with van der Waals surface area (Å²) in [6, 6.07) is 16.4. The number of nitrogens with zero attached hydrogens (tertiary/aromatic N) is 2. The monoisotopic (exact) mass is 386 g/mol. The predicted octanol–water partition coefficient (Wildman–Crippen LogP) is 1.77. The molecule has 1 heterocycles. The van der Waals surface area contributed by atoms with Crippen LogP contribution < -0.4 is 4.90 Å². The lowest BCUT2D eigenvalue weighted by molar-refractivity contribution is -0.117. The van der Waals surface area contributed by atoms with Gasteiger partial charge in [-0.3, -0.25) is 4.79 Å². The summed E-state index contributed by atoms with van der Waals surface area (Å²) in [4.78, 5) is 13.6. The van der Waals surface area contributed by atoms with Crippen LogP contribution in [-0.4, -0.2) is 56.4 Å². The van der Waals surface area contributed by atoms with Crippen molar-refractivity contribution in [3.8, 4) is 0 Å². The Morgan fingerprint density at radius 3 is 2.37 bits per heavy atom. The quantitative estimate of drug-likeness (QED) is 0.766. The molecule has 0 saturated carbocycles. The number of carbonyl (C=O) groups excluding carboxylic acids is 1. The smallest absolute Gasteiger partial charge is 0.243 e. The first kappa shape index (κ1) is 19.3. The highest BCUT2D eigenvalue weighted by atomic mass is 32.2. The Kier molecular flexibility index (Phi) is 6.05. The van der Waals surface area contributed by atoms with E-state index in [9.17, 15) is 13.2 Å². The highest BCUT2D eigenvalue weighted by molar-refractivity contribution is 7.89. The van der Waals surface area contributed by atoms with Crippen LogP contribution in [0.4, 0.5) is 5.69 Å². The van der Waals surface area contributed by atoms with Crippen LogP contribution >= 0.6 is 0 Å². The van der Waals surface area contributed by atoms with Gasteiger partial charge in [0.15, 0.2) is 5.78 Å². The largest absolute Gasteiger partial charge is 0.388 e. The van der Waals surface area contributed by atoms with E-state index >= 15 is 0 Å². The molecule has 1 aliphatic heterocycles. The number of hydrogen-bond acceptors (Lipinski definition) is 5. The van der Waals surface area contributed by atoms with Gasteiger partial charge in [-0.25, -0.2) is 8.42 Å². The number of para-hydroxylation sites is 1. The Balaban J connectivity index is 1.72. The van der Waals surface area contributed by atoms with Gasteiger partial charge in [0.05, 0.1) is 4.90 Å². The maximum Gasteiger partial charge on any atom is 0.243 e. The lowest BCUT2D eigenvalue weighted by atomic mass is 10.2. The normalized spacial score (nSPS) is 16.0. The standard InChI is InChI=1S/C20H22N2O4S/c23-16-19(24)10-9-17-5-4-8-20(15-17)27(25,26)22-13-11-21(12-14-22)18-6-2-1-3-7-18/h1-10,15,23H,11-14,16H2/b10-9+. The highest BCUT2D eigenvalue weighted by Crippen LogP contribution is 2.22. The Bertz CT molecular complexity index is 918. The van der Waals surface area contributed by atoms with Crippen LogP contribution in [0.15, 0.2) is 65.6 Å². The summed E-state index contributed by atoms with van der Waals surface area (Å²) < 4.78 is 27.4. The maximum atomic E-state index is 13.0. The summed E-state index contributed by atoms with van der Waals surface area (Å²) in [6.07, 6.45) is 2.75. The molecular weight excluding hydrogens is 364 g/mol. The molecule has 0 radical (unpaired) electrons. The average molecular weight is 386 g/mol. The molecule has 1 aliphatic rings. The van der Waals surface area contributed by atoms with Crippen LogP contribution in [0, 0.1) is 0 Å². The van der Waals surface area contributed by atoms with Crippen LogP contribution in [0.25, 0.3) is 6.08 Å². The number of carbonyl (C=O) groups is 1. The van der Waals surface area contributed by atoms with Crippen molar-refractivity contribution in [3.63, 3.8) is 0 Å². The van der Waals surface area contributed by atoms with Crippen molar-refractivity contribution in [1.82, 2.24) is 4.31 Å². The fourth-order valence-electron chi connectivity index (χ4n) is 3.00. The third kappa shape index (κ3) is 4.63. The zero-order valence-electron chi connectivity index (χ0n) is 14.9. The van der Waals surface area contributed by atoms with Gasteiger partial charge in [0.2, 0.25) is 10.0 Å². The number of anilines is 1.